The Morgan fingerprint density at radius 3 is 2.47 bits per heavy atom. The molecule has 1 N–H and O–H groups in total. The van der Waals surface area contributed by atoms with Crippen molar-refractivity contribution >= 4 is 6.08 Å². The lowest BCUT2D eigenvalue weighted by Crippen LogP contribution is -2.28. The van der Waals surface area contributed by atoms with Gasteiger partial charge < -0.3 is 14.8 Å². The second-order valence-corrected chi connectivity index (χ2v) is 8.38. The maximum atomic E-state index is 6.13. The minimum Gasteiger partial charge on any atom is -0.493 e. The number of pyridine rings is 1. The molecule has 2 heterocycles. The molecule has 0 fully saturated rings. The molecular formula is C32H34N2O2. The minimum atomic E-state index is 0.116. The van der Waals surface area contributed by atoms with Crippen molar-refractivity contribution in [3.63, 3.8) is 0 Å². The second kappa shape index (κ2) is 12.7. The lowest BCUT2D eigenvalue weighted by atomic mass is 9.92. The van der Waals surface area contributed by atoms with E-state index in [1.807, 2.05) is 56.6 Å². The van der Waals surface area contributed by atoms with E-state index < -0.39 is 0 Å². The normalized spacial score (nSPS) is 14.5. The van der Waals surface area contributed by atoms with E-state index in [4.69, 9.17) is 9.47 Å². The van der Waals surface area contributed by atoms with E-state index in [1.165, 1.54) is 22.3 Å². The standard InChI is InChI=1S/C30H28N2O2.C2H6/c1-33-29-20-27-26(19-30(29)34-21-23-6-3-2-4-7-23)14-17-32-28(27)11-10-22-8-5-9-25(18-22)24-12-15-31-16-13-24;1-2/h2-13,15-16,18-20,28,32H,14,17,21H2,1H3;1-2H3/b11-10+;. The average molecular weight is 479 g/mol. The molecule has 0 bridgehead atoms. The number of rotatable bonds is 7. The Morgan fingerprint density at radius 1 is 0.889 bits per heavy atom. The van der Waals surface area contributed by atoms with Gasteiger partial charge in [0.2, 0.25) is 0 Å². The van der Waals surface area contributed by atoms with E-state index in [0.29, 0.717) is 6.61 Å². The van der Waals surface area contributed by atoms with Crippen molar-refractivity contribution in [1.29, 1.82) is 0 Å². The number of methoxy groups -OCH3 is 1. The molecule has 184 valence electrons. The van der Waals surface area contributed by atoms with Crippen LogP contribution in [0.25, 0.3) is 17.2 Å². The fraction of sp³-hybridized carbons (Fsp3) is 0.219. The first-order chi connectivity index (χ1) is 17.8. The highest BCUT2D eigenvalue weighted by Gasteiger charge is 2.21. The average Bonchev–Trinajstić information content (AvgIpc) is 2.96. The molecule has 0 radical (unpaired) electrons. The van der Waals surface area contributed by atoms with Gasteiger partial charge in [-0.25, -0.2) is 0 Å². The van der Waals surface area contributed by atoms with Crippen LogP contribution in [0.2, 0.25) is 0 Å². The first kappa shape index (κ1) is 25.2. The van der Waals surface area contributed by atoms with Gasteiger partial charge in [-0.15, -0.1) is 0 Å². The topological polar surface area (TPSA) is 43.4 Å². The zero-order valence-corrected chi connectivity index (χ0v) is 21.3. The third-order valence-corrected chi connectivity index (χ3v) is 6.14. The van der Waals surface area contributed by atoms with E-state index in [-0.39, 0.29) is 6.04 Å². The van der Waals surface area contributed by atoms with Crippen LogP contribution in [0.3, 0.4) is 0 Å². The molecular weight excluding hydrogens is 444 g/mol. The Kier molecular flexibility index (Phi) is 8.90. The fourth-order valence-corrected chi connectivity index (χ4v) is 4.35. The monoisotopic (exact) mass is 478 g/mol. The van der Waals surface area contributed by atoms with Crippen LogP contribution < -0.4 is 14.8 Å². The minimum absolute atomic E-state index is 0.116. The third-order valence-electron chi connectivity index (χ3n) is 6.14. The maximum Gasteiger partial charge on any atom is 0.161 e. The molecule has 1 aliphatic heterocycles. The highest BCUT2D eigenvalue weighted by Crippen LogP contribution is 2.36. The Morgan fingerprint density at radius 2 is 1.69 bits per heavy atom. The number of hydrogen-bond donors (Lipinski definition) is 1. The lowest BCUT2D eigenvalue weighted by Gasteiger charge is -2.26. The Bertz CT molecular complexity index is 1270. The van der Waals surface area contributed by atoms with Crippen LogP contribution in [-0.2, 0) is 13.0 Å². The number of aromatic nitrogens is 1. The number of hydrogen-bond acceptors (Lipinski definition) is 4. The van der Waals surface area contributed by atoms with Gasteiger partial charge in [-0.05, 0) is 70.1 Å². The SMILES string of the molecule is CC.COc1cc2c(cc1OCc1ccccc1)CCNC2/C=C/c1cccc(-c2ccncc2)c1. The molecule has 4 aromatic rings. The molecule has 1 unspecified atom stereocenters. The molecule has 0 aliphatic carbocycles. The summed E-state index contributed by atoms with van der Waals surface area (Å²) in [6.07, 6.45) is 9.03. The molecule has 36 heavy (non-hydrogen) atoms. The number of ether oxygens (including phenoxy) is 2. The van der Waals surface area contributed by atoms with Crippen molar-refractivity contribution in [2.45, 2.75) is 32.9 Å². The molecule has 5 rings (SSSR count). The molecule has 1 aliphatic rings. The van der Waals surface area contributed by atoms with Crippen molar-refractivity contribution in [1.82, 2.24) is 10.3 Å². The second-order valence-electron chi connectivity index (χ2n) is 8.38. The van der Waals surface area contributed by atoms with Gasteiger partial charge in [0.25, 0.3) is 0 Å². The molecule has 1 atom stereocenters. The van der Waals surface area contributed by atoms with Gasteiger partial charge in [-0.1, -0.05) is 74.5 Å². The van der Waals surface area contributed by atoms with Gasteiger partial charge >= 0.3 is 0 Å². The quantitative estimate of drug-likeness (QED) is 0.303. The van der Waals surface area contributed by atoms with E-state index in [2.05, 4.69) is 71.0 Å². The summed E-state index contributed by atoms with van der Waals surface area (Å²) in [5, 5.41) is 3.63. The van der Waals surface area contributed by atoms with Crippen LogP contribution in [-0.4, -0.2) is 18.6 Å². The van der Waals surface area contributed by atoms with Gasteiger partial charge in [0, 0.05) is 18.9 Å². The largest absolute Gasteiger partial charge is 0.493 e. The number of nitrogens with zero attached hydrogens (tertiary/aromatic N) is 1. The van der Waals surface area contributed by atoms with E-state index in [1.54, 1.807) is 7.11 Å². The zero-order valence-electron chi connectivity index (χ0n) is 21.3. The summed E-state index contributed by atoms with van der Waals surface area (Å²) < 4.78 is 11.8. The summed E-state index contributed by atoms with van der Waals surface area (Å²) in [5.74, 6) is 1.55. The fourth-order valence-electron chi connectivity index (χ4n) is 4.35. The van der Waals surface area contributed by atoms with E-state index in [9.17, 15) is 0 Å². The summed E-state index contributed by atoms with van der Waals surface area (Å²) in [4.78, 5) is 4.12. The highest BCUT2D eigenvalue weighted by molar-refractivity contribution is 5.67. The summed E-state index contributed by atoms with van der Waals surface area (Å²) in [5.41, 5.74) is 7.18. The van der Waals surface area contributed by atoms with Gasteiger partial charge in [0.15, 0.2) is 11.5 Å². The van der Waals surface area contributed by atoms with Gasteiger partial charge in [-0.3, -0.25) is 4.98 Å². The predicted molar refractivity (Wildman–Crippen MR) is 148 cm³/mol. The summed E-state index contributed by atoms with van der Waals surface area (Å²) >= 11 is 0. The number of benzene rings is 3. The van der Waals surface area contributed by atoms with Gasteiger partial charge in [-0.2, -0.15) is 0 Å². The molecule has 1 aromatic heterocycles. The van der Waals surface area contributed by atoms with Crippen molar-refractivity contribution in [3.05, 3.63) is 120 Å². The summed E-state index contributed by atoms with van der Waals surface area (Å²) in [7, 11) is 1.70. The number of fused-ring (bicyclic) bond motifs is 1. The van der Waals surface area contributed by atoms with Crippen molar-refractivity contribution in [2.75, 3.05) is 13.7 Å². The molecule has 0 saturated carbocycles. The summed E-state index contributed by atoms with van der Waals surface area (Å²) in [6, 6.07) is 27.2. The zero-order chi connectivity index (χ0) is 25.2. The summed E-state index contributed by atoms with van der Waals surface area (Å²) in [6.45, 7) is 5.44. The smallest absolute Gasteiger partial charge is 0.161 e. The van der Waals surface area contributed by atoms with E-state index >= 15 is 0 Å². The Balaban J connectivity index is 0.00000148. The van der Waals surface area contributed by atoms with Crippen LogP contribution in [0.1, 0.15) is 42.1 Å². The molecule has 0 spiro atoms. The van der Waals surface area contributed by atoms with Crippen LogP contribution in [0.15, 0.2) is 97.3 Å². The van der Waals surface area contributed by atoms with Crippen LogP contribution >= 0.6 is 0 Å². The lowest BCUT2D eigenvalue weighted by molar-refractivity contribution is 0.283. The van der Waals surface area contributed by atoms with Crippen LogP contribution in [0.4, 0.5) is 0 Å². The van der Waals surface area contributed by atoms with E-state index in [0.717, 1.165) is 35.6 Å². The number of nitrogens with one attached hydrogen (secondary N) is 1. The Labute approximate surface area is 214 Å². The van der Waals surface area contributed by atoms with Crippen LogP contribution in [0.5, 0.6) is 11.5 Å². The molecule has 3 aromatic carbocycles. The van der Waals surface area contributed by atoms with Gasteiger partial charge in [0.1, 0.15) is 6.61 Å². The maximum absolute atomic E-state index is 6.13. The Hall–Kier alpha value is -3.89. The van der Waals surface area contributed by atoms with Crippen molar-refractivity contribution in [3.8, 4) is 22.6 Å². The molecule has 0 amide bonds. The molecule has 4 heteroatoms. The first-order valence-corrected chi connectivity index (χ1v) is 12.6. The third kappa shape index (κ3) is 6.21. The van der Waals surface area contributed by atoms with Crippen molar-refractivity contribution < 1.29 is 9.47 Å². The molecule has 4 nitrogen and oxygen atoms in total. The van der Waals surface area contributed by atoms with Crippen molar-refractivity contribution in [2.24, 2.45) is 0 Å². The molecule has 0 saturated heterocycles. The predicted octanol–water partition coefficient (Wildman–Crippen LogP) is 7.26. The van der Waals surface area contributed by atoms with Crippen LogP contribution in [0, 0.1) is 0 Å². The van der Waals surface area contributed by atoms with Gasteiger partial charge in [0.05, 0.1) is 13.2 Å². The highest BCUT2D eigenvalue weighted by atomic mass is 16.5. The first-order valence-electron chi connectivity index (χ1n) is 12.6.